The molecule has 1 heterocycles. The van der Waals surface area contributed by atoms with Crippen molar-refractivity contribution < 1.29 is 19.1 Å². The van der Waals surface area contributed by atoms with Crippen molar-refractivity contribution in [1.29, 1.82) is 0 Å². The summed E-state index contributed by atoms with van der Waals surface area (Å²) >= 11 is 0. The van der Waals surface area contributed by atoms with Gasteiger partial charge in [0.05, 0.1) is 24.8 Å². The summed E-state index contributed by atoms with van der Waals surface area (Å²) in [5.41, 5.74) is 2.58. The number of hydrogen-bond acceptors (Lipinski definition) is 4. The third-order valence-electron chi connectivity index (χ3n) is 6.88. The Kier molecular flexibility index (Phi) is 6.01. The molecular formula is C25H30N2O4. The molecule has 1 spiro atoms. The van der Waals surface area contributed by atoms with Crippen molar-refractivity contribution in [3.8, 4) is 5.75 Å². The van der Waals surface area contributed by atoms with Gasteiger partial charge < -0.3 is 19.7 Å². The number of likely N-dealkylation sites (tertiary alicyclic amines) is 1. The molecule has 31 heavy (non-hydrogen) atoms. The van der Waals surface area contributed by atoms with Crippen LogP contribution in [0.25, 0.3) is 0 Å². The van der Waals surface area contributed by atoms with E-state index in [1.54, 1.807) is 26.4 Å². The first-order chi connectivity index (χ1) is 15.1. The van der Waals surface area contributed by atoms with E-state index in [-0.39, 0.29) is 29.4 Å². The monoisotopic (exact) mass is 422 g/mol. The van der Waals surface area contributed by atoms with Gasteiger partial charge in [-0.2, -0.15) is 0 Å². The molecule has 0 bridgehead atoms. The summed E-state index contributed by atoms with van der Waals surface area (Å²) in [5, 5.41) is 3.22. The Morgan fingerprint density at radius 1 is 1.06 bits per heavy atom. The maximum atomic E-state index is 13.2. The maximum absolute atomic E-state index is 13.2. The predicted octanol–water partition coefficient (Wildman–Crippen LogP) is 3.47. The minimum atomic E-state index is -0.271. The molecule has 1 aliphatic heterocycles. The first kappa shape index (κ1) is 21.4. The number of rotatable bonds is 5. The predicted molar refractivity (Wildman–Crippen MR) is 118 cm³/mol. The highest BCUT2D eigenvalue weighted by Crippen LogP contribution is 2.52. The molecule has 0 saturated carbocycles. The highest BCUT2D eigenvalue weighted by molar-refractivity contribution is 5.97. The van der Waals surface area contributed by atoms with E-state index in [1.165, 1.54) is 5.56 Å². The van der Waals surface area contributed by atoms with Crippen LogP contribution in [0.1, 0.15) is 53.7 Å². The molecule has 2 atom stereocenters. The van der Waals surface area contributed by atoms with Gasteiger partial charge in [-0.05, 0) is 36.1 Å². The van der Waals surface area contributed by atoms with Gasteiger partial charge >= 0.3 is 0 Å². The third-order valence-corrected chi connectivity index (χ3v) is 6.88. The van der Waals surface area contributed by atoms with Crippen molar-refractivity contribution in [2.24, 2.45) is 0 Å². The van der Waals surface area contributed by atoms with Gasteiger partial charge in [0, 0.05) is 32.0 Å². The number of ether oxygens (including phenoxy) is 2. The standard InChI is InChI=1S/C25H30N2O4/c1-4-21(28)27-15-13-25(14-16-27)19-11-7-5-9-17(19)22(23(25)31-3)26-24(29)18-10-6-8-12-20(18)30-2/h5-12,22-23H,4,13-16H2,1-3H3,(H,26,29)/t22-,23+/m1/s1. The van der Waals surface area contributed by atoms with Crippen molar-refractivity contribution in [3.63, 3.8) is 0 Å². The SMILES string of the molecule is CCC(=O)N1CCC2(CC1)c1ccccc1[C@@H](NC(=O)c1ccccc1OC)[C@@H]2OC. The number of piperidine rings is 1. The molecule has 0 unspecified atom stereocenters. The van der Waals surface area contributed by atoms with E-state index >= 15 is 0 Å². The Balaban J connectivity index is 1.66. The number of benzene rings is 2. The second-order valence-electron chi connectivity index (χ2n) is 8.29. The highest BCUT2D eigenvalue weighted by atomic mass is 16.5. The van der Waals surface area contributed by atoms with E-state index in [4.69, 9.17) is 9.47 Å². The number of amides is 2. The number of methoxy groups -OCH3 is 2. The molecule has 0 radical (unpaired) electrons. The van der Waals surface area contributed by atoms with E-state index in [1.807, 2.05) is 36.1 Å². The summed E-state index contributed by atoms with van der Waals surface area (Å²) in [6.07, 6.45) is 1.95. The molecular weight excluding hydrogens is 392 g/mol. The Hall–Kier alpha value is -2.86. The Morgan fingerprint density at radius 2 is 1.74 bits per heavy atom. The second kappa shape index (κ2) is 8.71. The summed E-state index contributed by atoms with van der Waals surface area (Å²) in [4.78, 5) is 27.4. The van der Waals surface area contributed by atoms with Crippen LogP contribution in [0, 0.1) is 0 Å². The van der Waals surface area contributed by atoms with E-state index < -0.39 is 0 Å². The number of nitrogens with zero attached hydrogens (tertiary/aromatic N) is 1. The normalized spacial score (nSPS) is 21.6. The van der Waals surface area contributed by atoms with Gasteiger partial charge in [0.15, 0.2) is 0 Å². The lowest BCUT2D eigenvalue weighted by Gasteiger charge is -2.44. The van der Waals surface area contributed by atoms with Gasteiger partial charge in [-0.3, -0.25) is 9.59 Å². The second-order valence-corrected chi connectivity index (χ2v) is 8.29. The molecule has 6 heteroatoms. The Morgan fingerprint density at radius 3 is 2.42 bits per heavy atom. The fourth-order valence-corrected chi connectivity index (χ4v) is 5.36. The molecule has 1 fully saturated rings. The van der Waals surface area contributed by atoms with Crippen molar-refractivity contribution in [1.82, 2.24) is 10.2 Å². The molecule has 2 aromatic rings. The summed E-state index contributed by atoms with van der Waals surface area (Å²) in [6.45, 7) is 3.31. The topological polar surface area (TPSA) is 67.9 Å². The zero-order valence-electron chi connectivity index (χ0n) is 18.4. The van der Waals surface area contributed by atoms with Crippen molar-refractivity contribution in [2.45, 2.75) is 43.7 Å². The van der Waals surface area contributed by atoms with Crippen LogP contribution in [0.2, 0.25) is 0 Å². The van der Waals surface area contributed by atoms with Crippen LogP contribution in [-0.4, -0.2) is 50.1 Å². The fourth-order valence-electron chi connectivity index (χ4n) is 5.36. The molecule has 0 aromatic heterocycles. The zero-order chi connectivity index (χ0) is 22.0. The molecule has 1 saturated heterocycles. The van der Waals surface area contributed by atoms with Crippen LogP contribution >= 0.6 is 0 Å². The lowest BCUT2D eigenvalue weighted by atomic mass is 9.72. The first-order valence-electron chi connectivity index (χ1n) is 10.9. The molecule has 1 N–H and O–H groups in total. The lowest BCUT2D eigenvalue weighted by Crippen LogP contribution is -2.51. The Bertz CT molecular complexity index is 965. The van der Waals surface area contributed by atoms with E-state index in [2.05, 4.69) is 17.4 Å². The average molecular weight is 423 g/mol. The van der Waals surface area contributed by atoms with Crippen LogP contribution < -0.4 is 10.1 Å². The number of nitrogens with one attached hydrogen (secondary N) is 1. The van der Waals surface area contributed by atoms with Crippen molar-refractivity contribution >= 4 is 11.8 Å². The number of carbonyl (C=O) groups is 2. The summed E-state index contributed by atoms with van der Waals surface area (Å²) < 4.78 is 11.4. The quantitative estimate of drug-likeness (QED) is 0.801. The third kappa shape index (κ3) is 3.59. The van der Waals surface area contributed by atoms with Crippen molar-refractivity contribution in [3.05, 3.63) is 65.2 Å². The molecule has 2 aliphatic rings. The minimum Gasteiger partial charge on any atom is -0.496 e. The molecule has 2 amide bonds. The average Bonchev–Trinajstić information content (AvgIpc) is 3.07. The molecule has 6 nitrogen and oxygen atoms in total. The maximum Gasteiger partial charge on any atom is 0.255 e. The summed E-state index contributed by atoms with van der Waals surface area (Å²) in [6, 6.07) is 15.2. The van der Waals surface area contributed by atoms with E-state index in [9.17, 15) is 9.59 Å². The van der Waals surface area contributed by atoms with Gasteiger partial charge in [-0.1, -0.05) is 43.3 Å². The summed E-state index contributed by atoms with van der Waals surface area (Å²) in [5.74, 6) is 0.549. The van der Waals surface area contributed by atoms with Gasteiger partial charge in [0.1, 0.15) is 5.75 Å². The van der Waals surface area contributed by atoms with Crippen LogP contribution in [0.5, 0.6) is 5.75 Å². The van der Waals surface area contributed by atoms with Crippen LogP contribution in [0.15, 0.2) is 48.5 Å². The van der Waals surface area contributed by atoms with Gasteiger partial charge in [-0.25, -0.2) is 0 Å². The highest BCUT2D eigenvalue weighted by Gasteiger charge is 2.54. The molecule has 4 rings (SSSR count). The van der Waals surface area contributed by atoms with Crippen LogP contribution in [0.4, 0.5) is 0 Å². The number of para-hydroxylation sites is 1. The van der Waals surface area contributed by atoms with Gasteiger partial charge in [0.25, 0.3) is 5.91 Å². The number of carbonyl (C=O) groups excluding carboxylic acids is 2. The van der Waals surface area contributed by atoms with Crippen LogP contribution in [-0.2, 0) is 14.9 Å². The minimum absolute atomic E-state index is 0.185. The van der Waals surface area contributed by atoms with Gasteiger partial charge in [0.2, 0.25) is 5.91 Å². The largest absolute Gasteiger partial charge is 0.496 e. The molecule has 164 valence electrons. The number of fused-ring (bicyclic) bond motifs is 2. The smallest absolute Gasteiger partial charge is 0.255 e. The van der Waals surface area contributed by atoms with Gasteiger partial charge in [-0.15, -0.1) is 0 Å². The Labute approximate surface area is 183 Å². The first-order valence-corrected chi connectivity index (χ1v) is 10.9. The fraction of sp³-hybridized carbons (Fsp3) is 0.440. The van der Waals surface area contributed by atoms with E-state index in [0.717, 1.165) is 18.4 Å². The van der Waals surface area contributed by atoms with E-state index in [0.29, 0.717) is 30.8 Å². The summed E-state index contributed by atoms with van der Waals surface area (Å²) in [7, 11) is 3.28. The van der Waals surface area contributed by atoms with Crippen molar-refractivity contribution in [2.75, 3.05) is 27.3 Å². The van der Waals surface area contributed by atoms with Crippen LogP contribution in [0.3, 0.4) is 0 Å². The number of hydrogen-bond donors (Lipinski definition) is 1. The zero-order valence-corrected chi connectivity index (χ0v) is 18.4. The lowest BCUT2D eigenvalue weighted by molar-refractivity contribution is -0.133. The molecule has 2 aromatic carbocycles. The molecule has 1 aliphatic carbocycles.